The van der Waals surface area contributed by atoms with E-state index < -0.39 is 10.0 Å². The second-order valence-electron chi connectivity index (χ2n) is 6.28. The predicted molar refractivity (Wildman–Crippen MR) is 102 cm³/mol. The molecule has 27 heavy (non-hydrogen) atoms. The van der Waals surface area contributed by atoms with Crippen molar-refractivity contribution in [3.63, 3.8) is 0 Å². The van der Waals surface area contributed by atoms with Gasteiger partial charge in [0.1, 0.15) is 5.69 Å². The van der Waals surface area contributed by atoms with Crippen molar-refractivity contribution in [1.29, 1.82) is 0 Å². The highest BCUT2D eigenvalue weighted by atomic mass is 32.2. The number of hydrogen-bond donors (Lipinski definition) is 2. The number of nitrogens with one attached hydrogen (secondary N) is 2. The zero-order valence-corrected chi connectivity index (χ0v) is 14.7. The van der Waals surface area contributed by atoms with E-state index in [1.54, 1.807) is 48.5 Å². The van der Waals surface area contributed by atoms with Crippen LogP contribution in [0.2, 0.25) is 0 Å². The van der Waals surface area contributed by atoms with Crippen LogP contribution in [0.25, 0.3) is 22.2 Å². The number of anilines is 1. The number of benzene rings is 3. The molecule has 6 nitrogen and oxygen atoms in total. The molecular weight excluding hydrogens is 362 g/mol. The van der Waals surface area contributed by atoms with E-state index in [4.69, 9.17) is 0 Å². The van der Waals surface area contributed by atoms with Gasteiger partial charge < -0.3 is 0 Å². The molecule has 5 rings (SSSR count). The Labute approximate surface area is 154 Å². The molecule has 0 atom stereocenters. The number of rotatable bonds is 3. The van der Waals surface area contributed by atoms with Gasteiger partial charge in [-0.15, -0.1) is 0 Å². The first kappa shape index (κ1) is 15.8. The fourth-order valence-corrected chi connectivity index (χ4v) is 4.57. The van der Waals surface area contributed by atoms with Gasteiger partial charge in [-0.05, 0) is 24.3 Å². The van der Waals surface area contributed by atoms with Crippen LogP contribution in [0.3, 0.4) is 0 Å². The highest BCUT2D eigenvalue weighted by Crippen LogP contribution is 2.41. The van der Waals surface area contributed by atoms with Crippen LogP contribution in [0.4, 0.5) is 5.69 Å². The van der Waals surface area contributed by atoms with Crippen molar-refractivity contribution >= 4 is 32.4 Å². The largest absolute Gasteiger partial charge is 0.288 e. The summed E-state index contributed by atoms with van der Waals surface area (Å²) in [6.07, 6.45) is 0. The predicted octanol–water partition coefficient (Wildman–Crippen LogP) is 3.58. The third-order valence-electron chi connectivity index (χ3n) is 4.68. The van der Waals surface area contributed by atoms with Crippen molar-refractivity contribution in [2.24, 2.45) is 0 Å². The number of sulfonamides is 1. The molecule has 3 aromatic carbocycles. The molecule has 132 valence electrons. The first-order valence-electron chi connectivity index (χ1n) is 8.29. The van der Waals surface area contributed by atoms with Crippen LogP contribution in [0, 0.1) is 0 Å². The molecule has 0 aliphatic heterocycles. The molecule has 1 aliphatic rings. The van der Waals surface area contributed by atoms with Crippen LogP contribution in [0.1, 0.15) is 15.9 Å². The minimum atomic E-state index is -3.82. The van der Waals surface area contributed by atoms with E-state index in [2.05, 4.69) is 14.9 Å². The molecular formula is C20H13N3O3S. The molecule has 4 aromatic rings. The lowest BCUT2D eigenvalue weighted by atomic mass is 9.86. The number of nitrogens with zero attached hydrogens (tertiary/aromatic N) is 1. The van der Waals surface area contributed by atoms with Crippen LogP contribution in [0.5, 0.6) is 0 Å². The zero-order chi connectivity index (χ0) is 18.6. The summed E-state index contributed by atoms with van der Waals surface area (Å²) >= 11 is 0. The van der Waals surface area contributed by atoms with Crippen LogP contribution in [-0.4, -0.2) is 24.4 Å². The fraction of sp³-hybridized carbons (Fsp3) is 0. The number of H-pyrrole nitrogens is 1. The number of carbonyl (C=O) groups is 1. The lowest BCUT2D eigenvalue weighted by Crippen LogP contribution is -2.18. The number of ketones is 1. The van der Waals surface area contributed by atoms with E-state index in [-0.39, 0.29) is 16.4 Å². The maximum absolute atomic E-state index is 13.2. The third kappa shape index (κ3) is 2.29. The summed E-state index contributed by atoms with van der Waals surface area (Å²) in [6.45, 7) is 0. The van der Waals surface area contributed by atoms with Gasteiger partial charge in [-0.25, -0.2) is 8.42 Å². The molecule has 0 bridgehead atoms. The topological polar surface area (TPSA) is 91.9 Å². The van der Waals surface area contributed by atoms with Gasteiger partial charge in [-0.3, -0.25) is 14.6 Å². The van der Waals surface area contributed by atoms with Crippen LogP contribution < -0.4 is 4.72 Å². The lowest BCUT2D eigenvalue weighted by Gasteiger charge is -2.19. The SMILES string of the molecule is O=C1c2c(NS(=O)(=O)c3ccccc3)cccc2-c2n[nH]c3cccc1c23. The standard InChI is InChI=1S/C20H13N3O3S/c24-20-14-9-5-10-15-17(14)19(22-21-15)13-8-4-11-16(18(13)20)23-27(25,26)12-6-2-1-3-7-12/h1-11,23H,(H,21,22). The number of fused-ring (bicyclic) bond motifs is 2. The minimum Gasteiger partial charge on any atom is -0.288 e. The second kappa shape index (κ2) is 5.52. The number of carbonyl (C=O) groups excluding carboxylic acids is 1. The lowest BCUT2D eigenvalue weighted by molar-refractivity contribution is 0.104. The van der Waals surface area contributed by atoms with Gasteiger partial charge in [0.2, 0.25) is 0 Å². The maximum Gasteiger partial charge on any atom is 0.261 e. The van der Waals surface area contributed by atoms with E-state index in [0.29, 0.717) is 22.4 Å². The molecule has 0 fully saturated rings. The Morgan fingerprint density at radius 3 is 2.41 bits per heavy atom. The molecule has 0 saturated heterocycles. The molecule has 7 heteroatoms. The van der Waals surface area contributed by atoms with E-state index in [1.807, 2.05) is 6.07 Å². The molecule has 1 aromatic heterocycles. The molecule has 1 heterocycles. The summed E-state index contributed by atoms with van der Waals surface area (Å²) in [7, 11) is -3.82. The average molecular weight is 375 g/mol. The van der Waals surface area contributed by atoms with Crippen molar-refractivity contribution in [3.8, 4) is 11.3 Å². The van der Waals surface area contributed by atoms with Crippen molar-refractivity contribution < 1.29 is 13.2 Å². The normalized spacial score (nSPS) is 12.8. The molecule has 0 radical (unpaired) electrons. The van der Waals surface area contributed by atoms with Gasteiger partial charge in [-0.1, -0.05) is 42.5 Å². The quantitative estimate of drug-likeness (QED) is 0.504. The highest BCUT2D eigenvalue weighted by molar-refractivity contribution is 7.92. The summed E-state index contributed by atoms with van der Waals surface area (Å²) in [4.78, 5) is 13.3. The Balaban J connectivity index is 1.70. The summed E-state index contributed by atoms with van der Waals surface area (Å²) in [5.74, 6) is -0.226. The third-order valence-corrected chi connectivity index (χ3v) is 6.06. The minimum absolute atomic E-state index is 0.133. The van der Waals surface area contributed by atoms with Gasteiger partial charge in [0.05, 0.1) is 21.7 Å². The first-order valence-corrected chi connectivity index (χ1v) is 9.77. The number of aromatic nitrogens is 2. The second-order valence-corrected chi connectivity index (χ2v) is 7.96. The van der Waals surface area contributed by atoms with Gasteiger partial charge in [0, 0.05) is 16.5 Å². The Morgan fingerprint density at radius 2 is 1.59 bits per heavy atom. The number of hydrogen-bond acceptors (Lipinski definition) is 4. The zero-order valence-electron chi connectivity index (χ0n) is 13.9. The van der Waals surface area contributed by atoms with Crippen molar-refractivity contribution in [2.75, 3.05) is 4.72 Å². The average Bonchev–Trinajstić information content (AvgIpc) is 3.11. The Kier molecular flexibility index (Phi) is 3.23. The van der Waals surface area contributed by atoms with Crippen molar-refractivity contribution in [1.82, 2.24) is 10.2 Å². The summed E-state index contributed by atoms with van der Waals surface area (Å²) < 4.78 is 28.0. The van der Waals surface area contributed by atoms with Gasteiger partial charge in [0.25, 0.3) is 10.0 Å². The Bertz CT molecular complexity index is 1330. The van der Waals surface area contributed by atoms with Crippen LogP contribution >= 0.6 is 0 Å². The van der Waals surface area contributed by atoms with E-state index in [0.717, 1.165) is 10.9 Å². The van der Waals surface area contributed by atoms with E-state index in [1.165, 1.54) is 12.1 Å². The van der Waals surface area contributed by atoms with E-state index in [9.17, 15) is 13.2 Å². The molecule has 0 amide bonds. The molecule has 2 N–H and O–H groups in total. The van der Waals surface area contributed by atoms with Crippen LogP contribution in [-0.2, 0) is 10.0 Å². The summed E-state index contributed by atoms with van der Waals surface area (Å²) in [5.41, 5.74) is 3.09. The van der Waals surface area contributed by atoms with Crippen molar-refractivity contribution in [2.45, 2.75) is 4.90 Å². The number of aromatic amines is 1. The smallest absolute Gasteiger partial charge is 0.261 e. The molecule has 0 saturated carbocycles. The highest BCUT2D eigenvalue weighted by Gasteiger charge is 2.30. The Hall–Kier alpha value is -3.45. The summed E-state index contributed by atoms with van der Waals surface area (Å²) in [5, 5.41) is 8.04. The summed E-state index contributed by atoms with van der Waals surface area (Å²) in [6, 6.07) is 18.5. The van der Waals surface area contributed by atoms with Gasteiger partial charge in [-0.2, -0.15) is 5.10 Å². The monoisotopic (exact) mass is 375 g/mol. The first-order chi connectivity index (χ1) is 13.1. The Morgan fingerprint density at radius 1 is 0.852 bits per heavy atom. The molecule has 0 unspecified atom stereocenters. The molecule has 0 spiro atoms. The van der Waals surface area contributed by atoms with Crippen LogP contribution in [0.15, 0.2) is 71.6 Å². The maximum atomic E-state index is 13.2. The van der Waals surface area contributed by atoms with Crippen molar-refractivity contribution in [3.05, 3.63) is 77.9 Å². The fourth-order valence-electron chi connectivity index (χ4n) is 3.47. The van der Waals surface area contributed by atoms with Gasteiger partial charge >= 0.3 is 0 Å². The van der Waals surface area contributed by atoms with Gasteiger partial charge in [0.15, 0.2) is 5.78 Å². The van der Waals surface area contributed by atoms with E-state index >= 15 is 0 Å². The molecule has 1 aliphatic carbocycles.